The molecule has 0 unspecified atom stereocenters. The smallest absolute Gasteiger partial charge is 0.329 e. The Labute approximate surface area is 243 Å². The summed E-state index contributed by atoms with van der Waals surface area (Å²) in [4.78, 5) is 82.8. The molecular formula is C28H39N4O9P. The lowest BCUT2D eigenvalue weighted by atomic mass is 9.78. The topological polar surface area (TPSA) is 225 Å². The molecule has 14 heteroatoms. The van der Waals surface area contributed by atoms with E-state index in [4.69, 9.17) is 5.73 Å². The van der Waals surface area contributed by atoms with Gasteiger partial charge in [-0.05, 0) is 36.8 Å². The second-order valence-electron chi connectivity index (χ2n) is 11.0. The van der Waals surface area contributed by atoms with Crippen molar-refractivity contribution >= 4 is 37.2 Å². The zero-order chi connectivity index (χ0) is 30.9. The number of allylic oxidation sites excluding steroid dienone is 2. The van der Waals surface area contributed by atoms with E-state index >= 15 is 0 Å². The molecule has 0 saturated heterocycles. The number of hydrogen-bond acceptors (Lipinski definition) is 6. The number of rotatable bonds is 7. The van der Waals surface area contributed by atoms with E-state index in [1.807, 2.05) is 0 Å². The number of carboxylic acids is 1. The fourth-order valence-electron chi connectivity index (χ4n) is 5.53. The van der Waals surface area contributed by atoms with Gasteiger partial charge in [0.05, 0.1) is 24.9 Å². The van der Waals surface area contributed by atoms with Crippen LogP contribution in [0, 0.1) is 5.92 Å². The molecule has 1 spiro atoms. The van der Waals surface area contributed by atoms with Crippen LogP contribution in [-0.2, 0) is 34.7 Å². The third-order valence-corrected chi connectivity index (χ3v) is 8.42. The molecule has 4 amide bonds. The Bertz CT molecular complexity index is 1240. The van der Waals surface area contributed by atoms with Gasteiger partial charge in [-0.2, -0.15) is 0 Å². The van der Waals surface area contributed by atoms with Crippen LogP contribution in [0.25, 0.3) is 0 Å². The molecule has 1 heterocycles. The number of nitrogens with two attached hydrogens (primary N) is 1. The van der Waals surface area contributed by atoms with Crippen molar-refractivity contribution in [1.82, 2.24) is 16.0 Å². The van der Waals surface area contributed by atoms with Gasteiger partial charge in [-0.3, -0.25) is 28.5 Å². The Kier molecular flexibility index (Phi) is 11.4. The first-order chi connectivity index (χ1) is 19.8. The van der Waals surface area contributed by atoms with Crippen LogP contribution >= 0.6 is 7.60 Å². The largest absolute Gasteiger partial charge is 0.481 e. The zero-order valence-corrected chi connectivity index (χ0v) is 24.2. The minimum Gasteiger partial charge on any atom is -0.481 e. The van der Waals surface area contributed by atoms with Gasteiger partial charge in [0.1, 0.15) is 11.6 Å². The van der Waals surface area contributed by atoms with E-state index in [9.17, 15) is 43.4 Å². The molecular weight excluding hydrogens is 567 g/mol. The van der Waals surface area contributed by atoms with Crippen molar-refractivity contribution in [3.63, 3.8) is 0 Å². The predicted molar refractivity (Wildman–Crippen MR) is 152 cm³/mol. The number of amides is 4. The van der Waals surface area contributed by atoms with Crippen LogP contribution in [0.3, 0.4) is 0 Å². The number of aliphatic carboxylic acids is 1. The van der Waals surface area contributed by atoms with Gasteiger partial charge in [-0.15, -0.1) is 0 Å². The highest BCUT2D eigenvalue weighted by molar-refractivity contribution is 7.50. The fourth-order valence-corrected chi connectivity index (χ4v) is 6.22. The van der Waals surface area contributed by atoms with E-state index in [1.165, 1.54) is 12.1 Å². The summed E-state index contributed by atoms with van der Waals surface area (Å²) in [5.74, 6) is -5.75. The summed E-state index contributed by atoms with van der Waals surface area (Å²) < 4.78 is 11.4. The number of hydrogen-bond donors (Lipinski definition) is 7. The van der Waals surface area contributed by atoms with E-state index in [-0.39, 0.29) is 19.4 Å². The van der Waals surface area contributed by atoms with Crippen LogP contribution in [0.5, 0.6) is 0 Å². The molecule has 1 aromatic rings. The Morgan fingerprint density at radius 1 is 0.976 bits per heavy atom. The standard InChI is InChI=1S/C28H39N4O9P/c29-23(33)16-22-26(37)30-14-6-1-3-7-20(19-10-8-18(9-11-19)17-42(39,40)41)21(15-24(34)35)25(36)32-28(27(38)31-22)12-4-2-5-13-28/h3,7-11,20-22H,1-2,4-6,12-17H2,(H2,29,33)(H,30,37)(H,31,38)(H,32,36)(H,34,35)(H2,39,40,41)/b7-3+/t20-,21+,22+/m1/s1. The van der Waals surface area contributed by atoms with Crippen LogP contribution in [-0.4, -0.2) is 62.6 Å². The summed E-state index contributed by atoms with van der Waals surface area (Å²) in [6, 6.07) is 5.03. The molecule has 2 aliphatic rings. The average molecular weight is 607 g/mol. The monoisotopic (exact) mass is 606 g/mol. The maximum Gasteiger partial charge on any atom is 0.329 e. The van der Waals surface area contributed by atoms with E-state index in [0.29, 0.717) is 36.8 Å². The van der Waals surface area contributed by atoms with Gasteiger partial charge in [0.25, 0.3) is 0 Å². The van der Waals surface area contributed by atoms with Gasteiger partial charge in [-0.1, -0.05) is 55.7 Å². The van der Waals surface area contributed by atoms with Crippen molar-refractivity contribution in [2.75, 3.05) is 6.54 Å². The maximum atomic E-state index is 13.9. The van der Waals surface area contributed by atoms with Crippen molar-refractivity contribution in [3.8, 4) is 0 Å². The lowest BCUT2D eigenvalue weighted by Crippen LogP contribution is -2.63. The second kappa shape index (κ2) is 14.6. The summed E-state index contributed by atoms with van der Waals surface area (Å²) in [6.45, 7) is 0.233. The first kappa shape index (κ1) is 33.0. The number of carbonyl (C=O) groups is 5. The average Bonchev–Trinajstić information content (AvgIpc) is 2.90. The molecule has 3 atom stereocenters. The molecule has 1 aliphatic heterocycles. The quantitative estimate of drug-likeness (QED) is 0.174. The third kappa shape index (κ3) is 9.50. The molecule has 0 bridgehead atoms. The van der Waals surface area contributed by atoms with Crippen molar-refractivity contribution < 1.29 is 43.4 Å². The summed E-state index contributed by atoms with van der Waals surface area (Å²) in [7, 11) is -4.31. The van der Waals surface area contributed by atoms with Crippen LogP contribution < -0.4 is 21.7 Å². The maximum absolute atomic E-state index is 13.9. The van der Waals surface area contributed by atoms with Gasteiger partial charge >= 0.3 is 13.6 Å². The van der Waals surface area contributed by atoms with Crippen LogP contribution in [0.1, 0.15) is 74.8 Å². The molecule has 42 heavy (non-hydrogen) atoms. The van der Waals surface area contributed by atoms with Gasteiger partial charge in [-0.25, -0.2) is 0 Å². The summed E-state index contributed by atoms with van der Waals surface area (Å²) in [6.07, 6.45) is 5.55. The first-order valence-electron chi connectivity index (χ1n) is 14.0. The first-order valence-corrected chi connectivity index (χ1v) is 15.8. The molecule has 13 nitrogen and oxygen atoms in total. The summed E-state index contributed by atoms with van der Waals surface area (Å²) >= 11 is 0. The Balaban J connectivity index is 2.04. The normalized spacial score (nSPS) is 24.8. The summed E-state index contributed by atoms with van der Waals surface area (Å²) in [5, 5.41) is 17.9. The van der Waals surface area contributed by atoms with Gasteiger partial charge in [0.2, 0.25) is 23.6 Å². The Hall–Kier alpha value is -3.54. The van der Waals surface area contributed by atoms with Crippen molar-refractivity contribution in [2.24, 2.45) is 11.7 Å². The number of nitrogens with one attached hydrogen (secondary N) is 3. The Morgan fingerprint density at radius 2 is 1.64 bits per heavy atom. The van der Waals surface area contributed by atoms with E-state index in [1.54, 1.807) is 24.3 Å². The molecule has 0 aromatic heterocycles. The lowest BCUT2D eigenvalue weighted by molar-refractivity contribution is -0.143. The molecule has 0 radical (unpaired) electrons. The molecule has 8 N–H and O–H groups in total. The number of carboxylic acid groups (broad SMARTS) is 1. The molecule has 1 fully saturated rings. The highest BCUT2D eigenvalue weighted by Crippen LogP contribution is 2.40. The number of primary amides is 1. The van der Waals surface area contributed by atoms with Crippen LogP contribution in [0.15, 0.2) is 36.4 Å². The number of benzene rings is 1. The Morgan fingerprint density at radius 3 is 2.24 bits per heavy atom. The molecule has 1 aliphatic carbocycles. The van der Waals surface area contributed by atoms with E-state index in [0.717, 1.165) is 6.42 Å². The second-order valence-corrected chi connectivity index (χ2v) is 12.6. The molecule has 230 valence electrons. The highest BCUT2D eigenvalue weighted by Gasteiger charge is 2.44. The zero-order valence-electron chi connectivity index (χ0n) is 23.3. The lowest BCUT2D eigenvalue weighted by Gasteiger charge is -2.39. The minimum absolute atomic E-state index is 0.233. The summed E-state index contributed by atoms with van der Waals surface area (Å²) in [5.41, 5.74) is 4.85. The molecule has 1 aromatic carbocycles. The third-order valence-electron chi connectivity index (χ3n) is 7.64. The fraction of sp³-hybridized carbons (Fsp3) is 0.536. The van der Waals surface area contributed by atoms with Crippen LogP contribution in [0.4, 0.5) is 0 Å². The highest BCUT2D eigenvalue weighted by atomic mass is 31.2. The minimum atomic E-state index is -4.31. The van der Waals surface area contributed by atoms with E-state index in [2.05, 4.69) is 16.0 Å². The predicted octanol–water partition coefficient (Wildman–Crippen LogP) is 1.18. The molecule has 3 rings (SSSR count). The molecule has 1 saturated carbocycles. The van der Waals surface area contributed by atoms with Gasteiger partial charge in [0.15, 0.2) is 0 Å². The van der Waals surface area contributed by atoms with Crippen LogP contribution in [0.2, 0.25) is 0 Å². The van der Waals surface area contributed by atoms with Gasteiger partial charge < -0.3 is 36.6 Å². The van der Waals surface area contributed by atoms with Crippen molar-refractivity contribution in [1.29, 1.82) is 0 Å². The van der Waals surface area contributed by atoms with E-state index < -0.39 is 79.6 Å². The SMILES string of the molecule is NC(=O)C[C@@H]1NC(=O)C2(CCCCC2)NC(=O)[C@@H](CC(=O)O)[C@@H](c2ccc(CP(=O)(O)O)cc2)/C=C/CCCNC1=O. The van der Waals surface area contributed by atoms with Crippen molar-refractivity contribution in [2.45, 2.75) is 81.4 Å². The van der Waals surface area contributed by atoms with Crippen molar-refractivity contribution in [3.05, 3.63) is 47.5 Å². The van der Waals surface area contributed by atoms with Gasteiger partial charge in [0, 0.05) is 12.5 Å². The number of carbonyl (C=O) groups excluding carboxylic acids is 4.